The minimum Gasteiger partial charge on any atom is -0.475 e. The zero-order chi connectivity index (χ0) is 44.1. The van der Waals surface area contributed by atoms with E-state index < -0.39 is 71.7 Å². The maximum Gasteiger partial charge on any atom is 0.490 e. The van der Waals surface area contributed by atoms with E-state index in [1.165, 1.54) is 4.90 Å². The van der Waals surface area contributed by atoms with Gasteiger partial charge in [-0.1, -0.05) is 73.5 Å². The number of nitrogens with zero attached hydrogens (tertiary/aromatic N) is 2. The second kappa shape index (κ2) is 21.9. The van der Waals surface area contributed by atoms with Gasteiger partial charge in [-0.05, 0) is 54.5 Å². The summed E-state index contributed by atoms with van der Waals surface area (Å²) >= 11 is 3.07. The fourth-order valence-electron chi connectivity index (χ4n) is 6.81. The molecule has 1 heterocycles. The van der Waals surface area contributed by atoms with Crippen LogP contribution in [-0.2, 0) is 30.5 Å². The molecule has 0 unspecified atom stereocenters. The largest absolute Gasteiger partial charge is 0.490 e. The first-order chi connectivity index (χ1) is 27.7. The Balaban J connectivity index is 0.00000122. The molecule has 13 nitrogen and oxygen atoms in total. The molecule has 4 atom stereocenters. The van der Waals surface area contributed by atoms with Crippen LogP contribution in [0.25, 0.3) is 11.1 Å². The van der Waals surface area contributed by atoms with E-state index >= 15 is 4.39 Å². The molecule has 19 heteroatoms. The summed E-state index contributed by atoms with van der Waals surface area (Å²) in [5.41, 5.74) is 7.82. The zero-order valence-electron chi connectivity index (χ0n) is 32.8. The van der Waals surface area contributed by atoms with Crippen molar-refractivity contribution in [1.29, 1.82) is 0 Å². The van der Waals surface area contributed by atoms with E-state index in [0.29, 0.717) is 30.6 Å². The van der Waals surface area contributed by atoms with Gasteiger partial charge in [0.15, 0.2) is 0 Å². The van der Waals surface area contributed by atoms with Crippen LogP contribution in [0.5, 0.6) is 0 Å². The highest BCUT2D eigenvalue weighted by Crippen LogP contribution is 2.41. The first-order valence-electron chi connectivity index (χ1n) is 18.7. The number of hydrogen-bond donors (Lipinski definition) is 6. The number of carbonyl (C=O) groups excluding carboxylic acids is 4. The van der Waals surface area contributed by atoms with Gasteiger partial charge in [-0.3, -0.25) is 19.2 Å². The van der Waals surface area contributed by atoms with Crippen molar-refractivity contribution >= 4 is 45.5 Å². The Bertz CT molecular complexity index is 1910. The fourth-order valence-corrected chi connectivity index (χ4v) is 7.01. The Labute approximate surface area is 347 Å². The summed E-state index contributed by atoms with van der Waals surface area (Å²) in [7, 11) is 0. The van der Waals surface area contributed by atoms with Crippen LogP contribution in [0, 0.1) is 23.0 Å². The van der Waals surface area contributed by atoms with E-state index in [1.54, 1.807) is 12.3 Å². The van der Waals surface area contributed by atoms with E-state index in [9.17, 15) is 41.8 Å². The Morgan fingerprint density at radius 1 is 0.983 bits per heavy atom. The van der Waals surface area contributed by atoms with Crippen LogP contribution >= 0.6 is 15.9 Å². The summed E-state index contributed by atoms with van der Waals surface area (Å²) in [6.45, 7) is 5.92. The van der Waals surface area contributed by atoms with Crippen molar-refractivity contribution in [3.8, 4) is 11.1 Å². The highest BCUT2D eigenvalue weighted by Gasteiger charge is 2.39. The summed E-state index contributed by atoms with van der Waals surface area (Å²) in [4.78, 5) is 61.6. The molecule has 1 aliphatic rings. The van der Waals surface area contributed by atoms with Crippen molar-refractivity contribution in [3.63, 3.8) is 0 Å². The minimum absolute atomic E-state index is 0.00476. The van der Waals surface area contributed by atoms with E-state index in [2.05, 4.69) is 31.9 Å². The van der Waals surface area contributed by atoms with Gasteiger partial charge in [0.2, 0.25) is 23.6 Å². The number of aromatic nitrogens is 1. The minimum atomic E-state index is -5.08. The zero-order valence-corrected chi connectivity index (χ0v) is 34.4. The average molecular weight is 902 g/mol. The molecule has 0 aliphatic heterocycles. The number of carboxylic acids is 1. The molecule has 1 saturated carbocycles. The number of rotatable bonds is 16. The van der Waals surface area contributed by atoms with Gasteiger partial charge in [0, 0.05) is 55.2 Å². The van der Waals surface area contributed by atoms with Gasteiger partial charge < -0.3 is 41.4 Å². The van der Waals surface area contributed by atoms with Crippen molar-refractivity contribution in [3.05, 3.63) is 83.7 Å². The van der Waals surface area contributed by atoms with Gasteiger partial charge in [-0.25, -0.2) is 13.6 Å². The number of hydrogen-bond acceptors (Lipinski definition) is 7. The van der Waals surface area contributed by atoms with E-state index in [0.717, 1.165) is 30.2 Å². The van der Waals surface area contributed by atoms with Crippen LogP contribution in [-0.4, -0.2) is 99.1 Å². The smallest absolute Gasteiger partial charge is 0.475 e. The third kappa shape index (κ3) is 14.4. The number of benzene rings is 2. The molecule has 59 heavy (non-hydrogen) atoms. The van der Waals surface area contributed by atoms with Gasteiger partial charge in [0.25, 0.3) is 0 Å². The van der Waals surface area contributed by atoms with Gasteiger partial charge in [-0.2, -0.15) is 13.2 Å². The Hall–Kier alpha value is -4.88. The lowest BCUT2D eigenvalue weighted by Gasteiger charge is -2.41. The number of halogens is 6. The van der Waals surface area contributed by atoms with Gasteiger partial charge in [0.1, 0.15) is 18.2 Å². The first-order valence-corrected chi connectivity index (χ1v) is 19.9. The van der Waals surface area contributed by atoms with E-state index in [1.807, 2.05) is 55.7 Å². The summed E-state index contributed by atoms with van der Waals surface area (Å²) in [6, 6.07) is 12.4. The summed E-state index contributed by atoms with van der Waals surface area (Å²) in [5, 5.41) is 25.8. The van der Waals surface area contributed by atoms with Crippen molar-refractivity contribution in [2.45, 2.75) is 77.3 Å². The van der Waals surface area contributed by atoms with Crippen molar-refractivity contribution < 1.29 is 56.1 Å². The molecule has 324 valence electrons. The summed E-state index contributed by atoms with van der Waals surface area (Å²) in [6.07, 6.45) is -1.37. The summed E-state index contributed by atoms with van der Waals surface area (Å²) < 4.78 is 63.0. The van der Waals surface area contributed by atoms with Gasteiger partial charge in [-0.15, -0.1) is 0 Å². The van der Waals surface area contributed by atoms with Crippen molar-refractivity contribution in [2.24, 2.45) is 17.1 Å². The average Bonchev–Trinajstić information content (AvgIpc) is 3.81. The predicted octanol–water partition coefficient (Wildman–Crippen LogP) is 4.65. The predicted molar refractivity (Wildman–Crippen MR) is 212 cm³/mol. The molecule has 0 saturated heterocycles. The van der Waals surface area contributed by atoms with Crippen molar-refractivity contribution in [2.75, 3.05) is 31.6 Å². The molecule has 1 aliphatic carbocycles. The highest BCUT2D eigenvalue weighted by atomic mass is 79.9. The van der Waals surface area contributed by atoms with Crippen LogP contribution in [0.4, 0.5) is 22.0 Å². The monoisotopic (exact) mass is 900 g/mol. The van der Waals surface area contributed by atoms with Crippen molar-refractivity contribution in [1.82, 2.24) is 25.4 Å². The third-order valence-corrected chi connectivity index (χ3v) is 10.1. The van der Waals surface area contributed by atoms with E-state index in [4.69, 9.17) is 15.6 Å². The number of aliphatic hydroxyl groups excluding tert-OH is 1. The number of aliphatic carboxylic acids is 1. The number of aliphatic hydroxyl groups is 1. The second-order valence-corrected chi connectivity index (χ2v) is 15.6. The van der Waals surface area contributed by atoms with E-state index in [-0.39, 0.29) is 48.8 Å². The topological polar surface area (TPSA) is 196 Å². The SMILES string of the molecule is CC(C)(C)[C@H](c1cc(-c2cc(F)ccc2F)cn1Cc1ccccc1)N(CC[C@H](N)C(=O)N[C@H]1CCC[C@H]1C(=O)NCCNC(=O)CBr)C(=O)CO.O=C(O)C(F)(F)F. The highest BCUT2D eigenvalue weighted by molar-refractivity contribution is 9.09. The molecular weight excluding hydrogens is 851 g/mol. The molecule has 1 fully saturated rings. The Morgan fingerprint density at radius 3 is 2.22 bits per heavy atom. The number of amides is 4. The number of nitrogens with one attached hydrogen (secondary N) is 3. The normalized spacial score (nSPS) is 16.3. The number of nitrogens with two attached hydrogens (primary N) is 1. The molecule has 0 radical (unpaired) electrons. The molecule has 4 amide bonds. The molecule has 0 bridgehead atoms. The first kappa shape index (κ1) is 48.5. The lowest BCUT2D eigenvalue weighted by Crippen LogP contribution is -2.51. The number of carbonyl (C=O) groups is 5. The molecule has 4 rings (SSSR count). The Kier molecular flexibility index (Phi) is 18.0. The lowest BCUT2D eigenvalue weighted by molar-refractivity contribution is -0.192. The molecule has 0 spiro atoms. The quantitative estimate of drug-likeness (QED) is 0.0679. The lowest BCUT2D eigenvalue weighted by atomic mass is 9.82. The fraction of sp³-hybridized carbons (Fsp3) is 0.475. The molecule has 2 aromatic carbocycles. The maximum atomic E-state index is 15.0. The molecule has 3 aromatic rings. The van der Waals surface area contributed by atoms with Crippen LogP contribution in [0.15, 0.2) is 60.8 Å². The van der Waals surface area contributed by atoms with Gasteiger partial charge >= 0.3 is 12.1 Å². The van der Waals surface area contributed by atoms with Crippen LogP contribution in [0.1, 0.15) is 63.8 Å². The molecule has 7 N–H and O–H groups in total. The Morgan fingerprint density at radius 2 is 1.63 bits per heavy atom. The number of alkyl halides is 4. The maximum absolute atomic E-state index is 15.0. The van der Waals surface area contributed by atoms with Crippen LogP contribution < -0.4 is 21.7 Å². The standard InChI is InChI=1S/C38H49BrF2N6O5.C2HF3O2/c1-38(2,3)35(32-18-25(28-19-26(40)12-13-29(28)41)22-46(32)21-24-8-5-4-6-9-24)47(34(50)23-48)17-14-30(42)37(52)45-31-11-7-10-27(31)36(51)44-16-15-43-33(49)20-39;3-2(4,5)1(6)7/h4-6,8-9,12-13,18-19,22,27,30-31,35,48H,7,10-11,14-17,20-21,23,42H2,1-3H3,(H,43,49)(H,44,51)(H,45,52);(H,6,7)/t27-,30+,31+,35+;/m1./s1. The molecule has 1 aromatic heterocycles. The van der Waals surface area contributed by atoms with Crippen LogP contribution in [0.2, 0.25) is 0 Å². The second-order valence-electron chi connectivity index (χ2n) is 15.0. The van der Waals surface area contributed by atoms with Gasteiger partial charge in [0.05, 0.1) is 23.3 Å². The molecular formula is C40H50BrF5N6O7. The number of carboxylic acid groups (broad SMARTS) is 1. The van der Waals surface area contributed by atoms with Crippen LogP contribution in [0.3, 0.4) is 0 Å². The summed E-state index contributed by atoms with van der Waals surface area (Å²) in [5.74, 6) is -5.85. The third-order valence-electron chi connectivity index (χ3n) is 9.54.